The Bertz CT molecular complexity index is 629. The van der Waals surface area contributed by atoms with Gasteiger partial charge in [-0.05, 0) is 31.5 Å². The fraction of sp³-hybridized carbons (Fsp3) is 0.538. The van der Waals surface area contributed by atoms with Crippen molar-refractivity contribution in [2.24, 2.45) is 5.73 Å². The SMILES string of the molecule is CC1CN(S(=O)(=O)c2cc(F)c(Cl)c(CN)c2)CC(C)O1. The van der Waals surface area contributed by atoms with Crippen LogP contribution in [0.2, 0.25) is 5.02 Å². The number of benzene rings is 1. The molecule has 0 radical (unpaired) electrons. The highest BCUT2D eigenvalue weighted by molar-refractivity contribution is 7.89. The first-order valence-electron chi connectivity index (χ1n) is 6.59. The molecule has 1 aliphatic rings. The molecule has 5 nitrogen and oxygen atoms in total. The summed E-state index contributed by atoms with van der Waals surface area (Å²) < 4.78 is 45.9. The van der Waals surface area contributed by atoms with Crippen LogP contribution in [-0.2, 0) is 21.3 Å². The predicted molar refractivity (Wildman–Crippen MR) is 78.1 cm³/mol. The summed E-state index contributed by atoms with van der Waals surface area (Å²) in [5.74, 6) is -0.785. The Morgan fingerprint density at radius 3 is 2.48 bits per heavy atom. The van der Waals surface area contributed by atoms with E-state index in [0.717, 1.165) is 6.07 Å². The van der Waals surface area contributed by atoms with E-state index in [-0.39, 0.29) is 47.3 Å². The van der Waals surface area contributed by atoms with Crippen molar-refractivity contribution in [3.63, 3.8) is 0 Å². The van der Waals surface area contributed by atoms with E-state index in [9.17, 15) is 12.8 Å². The average Bonchev–Trinajstić information content (AvgIpc) is 2.40. The van der Waals surface area contributed by atoms with Gasteiger partial charge in [-0.2, -0.15) is 4.31 Å². The van der Waals surface area contributed by atoms with Gasteiger partial charge in [-0.1, -0.05) is 11.6 Å². The average molecular weight is 337 g/mol. The third kappa shape index (κ3) is 3.37. The number of hydrogen-bond acceptors (Lipinski definition) is 4. The summed E-state index contributed by atoms with van der Waals surface area (Å²) in [4.78, 5) is -0.133. The molecule has 0 spiro atoms. The Hall–Kier alpha value is -0.730. The van der Waals surface area contributed by atoms with Crippen LogP contribution in [0.4, 0.5) is 4.39 Å². The molecule has 2 atom stereocenters. The Kier molecular flexibility index (Phi) is 4.89. The lowest BCUT2D eigenvalue weighted by Crippen LogP contribution is -2.48. The Morgan fingerprint density at radius 2 is 1.95 bits per heavy atom. The summed E-state index contributed by atoms with van der Waals surface area (Å²) in [6.07, 6.45) is -0.427. The molecule has 0 aromatic heterocycles. The molecule has 2 unspecified atom stereocenters. The molecule has 0 amide bonds. The van der Waals surface area contributed by atoms with Crippen LogP contribution < -0.4 is 5.73 Å². The maximum absolute atomic E-state index is 13.8. The van der Waals surface area contributed by atoms with E-state index in [2.05, 4.69) is 0 Å². The molecular formula is C13H18ClFN2O3S. The minimum atomic E-state index is -3.80. The molecule has 0 saturated carbocycles. The number of morpholine rings is 1. The van der Waals surface area contributed by atoms with Gasteiger partial charge in [0.1, 0.15) is 5.82 Å². The van der Waals surface area contributed by atoms with Crippen molar-refractivity contribution in [1.82, 2.24) is 4.31 Å². The van der Waals surface area contributed by atoms with Gasteiger partial charge in [-0.25, -0.2) is 12.8 Å². The Labute approximate surface area is 128 Å². The standard InChI is InChI=1S/C13H18ClFN2O3S/c1-8-6-17(7-9(2)20-8)21(18,19)11-3-10(5-16)13(14)12(15)4-11/h3-4,8-9H,5-7,16H2,1-2H3. The van der Waals surface area contributed by atoms with Crippen LogP contribution in [0.5, 0.6) is 0 Å². The number of hydrogen-bond donors (Lipinski definition) is 1. The first-order valence-corrected chi connectivity index (χ1v) is 8.41. The van der Waals surface area contributed by atoms with E-state index >= 15 is 0 Å². The zero-order valence-corrected chi connectivity index (χ0v) is 13.4. The molecule has 1 aromatic carbocycles. The molecule has 1 saturated heterocycles. The lowest BCUT2D eigenvalue weighted by molar-refractivity contribution is -0.0440. The quantitative estimate of drug-likeness (QED) is 0.912. The van der Waals surface area contributed by atoms with Crippen molar-refractivity contribution in [1.29, 1.82) is 0 Å². The molecule has 1 fully saturated rings. The summed E-state index contributed by atoms with van der Waals surface area (Å²) in [5, 5.41) is -0.139. The van der Waals surface area contributed by atoms with Crippen LogP contribution >= 0.6 is 11.6 Å². The summed E-state index contributed by atoms with van der Waals surface area (Å²) in [5.41, 5.74) is 5.74. The molecular weight excluding hydrogens is 319 g/mol. The first kappa shape index (κ1) is 16.6. The molecule has 118 valence electrons. The highest BCUT2D eigenvalue weighted by atomic mass is 35.5. The normalized spacial score (nSPS) is 24.2. The fourth-order valence-corrected chi connectivity index (χ4v) is 4.23. The summed E-state index contributed by atoms with van der Waals surface area (Å²) in [7, 11) is -3.80. The second kappa shape index (κ2) is 6.18. The number of halogens is 2. The van der Waals surface area contributed by atoms with Gasteiger partial charge in [0, 0.05) is 19.6 Å². The molecule has 1 heterocycles. The zero-order valence-electron chi connectivity index (χ0n) is 11.8. The van der Waals surface area contributed by atoms with Crippen molar-refractivity contribution in [3.05, 3.63) is 28.5 Å². The van der Waals surface area contributed by atoms with Crippen LogP contribution in [-0.4, -0.2) is 38.0 Å². The molecule has 2 rings (SSSR count). The number of nitrogens with two attached hydrogens (primary N) is 1. The van der Waals surface area contributed by atoms with Crippen molar-refractivity contribution in [2.75, 3.05) is 13.1 Å². The number of nitrogens with zero attached hydrogens (tertiary/aromatic N) is 1. The Morgan fingerprint density at radius 1 is 1.38 bits per heavy atom. The van der Waals surface area contributed by atoms with Crippen molar-refractivity contribution in [3.8, 4) is 0 Å². The monoisotopic (exact) mass is 336 g/mol. The maximum atomic E-state index is 13.8. The van der Waals surface area contributed by atoms with E-state index in [1.165, 1.54) is 10.4 Å². The second-order valence-corrected chi connectivity index (χ2v) is 7.48. The fourth-order valence-electron chi connectivity index (χ4n) is 2.39. The minimum Gasteiger partial charge on any atom is -0.373 e. The number of ether oxygens (including phenoxy) is 1. The smallest absolute Gasteiger partial charge is 0.243 e. The zero-order chi connectivity index (χ0) is 15.8. The van der Waals surface area contributed by atoms with Gasteiger partial charge < -0.3 is 10.5 Å². The van der Waals surface area contributed by atoms with E-state index < -0.39 is 15.8 Å². The van der Waals surface area contributed by atoms with Crippen LogP contribution in [0.25, 0.3) is 0 Å². The van der Waals surface area contributed by atoms with E-state index in [0.29, 0.717) is 0 Å². The van der Waals surface area contributed by atoms with Crippen molar-refractivity contribution >= 4 is 21.6 Å². The molecule has 1 aliphatic heterocycles. The predicted octanol–water partition coefficient (Wildman–Crippen LogP) is 1.74. The van der Waals surface area contributed by atoms with E-state index in [4.69, 9.17) is 22.1 Å². The van der Waals surface area contributed by atoms with Gasteiger partial charge in [0.15, 0.2) is 0 Å². The molecule has 8 heteroatoms. The third-order valence-electron chi connectivity index (χ3n) is 3.32. The number of sulfonamides is 1. The van der Waals surface area contributed by atoms with Gasteiger partial charge in [0.25, 0.3) is 0 Å². The minimum absolute atomic E-state index is 0.0327. The van der Waals surface area contributed by atoms with Gasteiger partial charge >= 0.3 is 0 Å². The molecule has 1 aromatic rings. The van der Waals surface area contributed by atoms with Gasteiger partial charge in [0.05, 0.1) is 22.1 Å². The highest BCUT2D eigenvalue weighted by Gasteiger charge is 2.33. The molecule has 0 bridgehead atoms. The third-order valence-corrected chi connectivity index (χ3v) is 5.55. The maximum Gasteiger partial charge on any atom is 0.243 e. The lowest BCUT2D eigenvalue weighted by atomic mass is 10.2. The van der Waals surface area contributed by atoms with E-state index in [1.54, 1.807) is 13.8 Å². The topological polar surface area (TPSA) is 72.6 Å². The Balaban J connectivity index is 2.42. The summed E-state index contributed by atoms with van der Waals surface area (Å²) in [6.45, 7) is 4.02. The van der Waals surface area contributed by atoms with Crippen LogP contribution in [0.1, 0.15) is 19.4 Å². The van der Waals surface area contributed by atoms with Crippen molar-refractivity contribution < 1.29 is 17.5 Å². The van der Waals surface area contributed by atoms with E-state index in [1.807, 2.05) is 0 Å². The van der Waals surface area contributed by atoms with Crippen LogP contribution in [0.3, 0.4) is 0 Å². The van der Waals surface area contributed by atoms with Crippen molar-refractivity contribution in [2.45, 2.75) is 37.5 Å². The van der Waals surface area contributed by atoms with Crippen LogP contribution in [0, 0.1) is 5.82 Å². The highest BCUT2D eigenvalue weighted by Crippen LogP contribution is 2.27. The first-order chi connectivity index (χ1) is 9.75. The van der Waals surface area contributed by atoms with Gasteiger partial charge in [-0.15, -0.1) is 0 Å². The van der Waals surface area contributed by atoms with Crippen LogP contribution in [0.15, 0.2) is 17.0 Å². The van der Waals surface area contributed by atoms with Gasteiger partial charge in [0.2, 0.25) is 10.0 Å². The number of rotatable bonds is 3. The second-order valence-electron chi connectivity index (χ2n) is 5.16. The summed E-state index contributed by atoms with van der Waals surface area (Å²) in [6, 6.07) is 2.26. The molecule has 2 N–H and O–H groups in total. The largest absolute Gasteiger partial charge is 0.373 e. The molecule has 21 heavy (non-hydrogen) atoms. The lowest BCUT2D eigenvalue weighted by Gasteiger charge is -2.34. The molecule has 0 aliphatic carbocycles. The summed E-state index contributed by atoms with van der Waals surface area (Å²) >= 11 is 5.76. The van der Waals surface area contributed by atoms with Gasteiger partial charge in [-0.3, -0.25) is 0 Å².